The monoisotopic (exact) mass is 247 g/mol. The molecule has 0 spiro atoms. The van der Waals surface area contributed by atoms with Crippen LogP contribution in [0.3, 0.4) is 0 Å². The fourth-order valence-electron chi connectivity index (χ4n) is 1.10. The molecular weight excluding hydrogens is 235 g/mol. The van der Waals surface area contributed by atoms with Crippen molar-refractivity contribution in [3.8, 4) is 0 Å². The summed E-state index contributed by atoms with van der Waals surface area (Å²) in [5.41, 5.74) is -1.71. The Labute approximate surface area is 96.3 Å². The number of anilines is 1. The van der Waals surface area contributed by atoms with Gasteiger partial charge in [-0.2, -0.15) is 0 Å². The first kappa shape index (κ1) is 13.3. The Balaban J connectivity index is 2.87. The number of carboxylic acid groups (broad SMARTS) is 1. The molecule has 0 radical (unpaired) electrons. The van der Waals surface area contributed by atoms with E-state index in [1.54, 1.807) is 0 Å². The van der Waals surface area contributed by atoms with Crippen LogP contribution in [-0.2, 0) is 4.79 Å². The molecule has 0 aliphatic carbocycles. The summed E-state index contributed by atoms with van der Waals surface area (Å²) in [4.78, 5) is 10.8. The average molecular weight is 247 g/mol. The highest BCUT2D eigenvalue weighted by atomic mass is 19.1. The van der Waals surface area contributed by atoms with E-state index in [2.05, 4.69) is 5.32 Å². The SMILES string of the molecule is CC(C)(CNc1c(F)cc(F)cc1F)C(=O)O. The Morgan fingerprint density at radius 1 is 1.29 bits per heavy atom. The zero-order valence-electron chi connectivity index (χ0n) is 9.35. The number of rotatable bonds is 4. The fourth-order valence-corrected chi connectivity index (χ4v) is 1.10. The van der Waals surface area contributed by atoms with Gasteiger partial charge in [0.05, 0.1) is 5.41 Å². The second-order valence-corrected chi connectivity index (χ2v) is 4.29. The number of carboxylic acids is 1. The normalized spacial score (nSPS) is 11.4. The minimum atomic E-state index is -1.19. The highest BCUT2D eigenvalue weighted by Crippen LogP contribution is 2.23. The molecule has 0 amide bonds. The second kappa shape index (κ2) is 4.65. The lowest BCUT2D eigenvalue weighted by atomic mass is 9.94. The van der Waals surface area contributed by atoms with Crippen molar-refractivity contribution in [3.05, 3.63) is 29.6 Å². The highest BCUT2D eigenvalue weighted by molar-refractivity contribution is 5.74. The van der Waals surface area contributed by atoms with Gasteiger partial charge in [0.1, 0.15) is 11.5 Å². The van der Waals surface area contributed by atoms with Crippen molar-refractivity contribution < 1.29 is 23.1 Å². The first-order chi connectivity index (χ1) is 7.74. The van der Waals surface area contributed by atoms with E-state index in [9.17, 15) is 18.0 Å². The van der Waals surface area contributed by atoms with Crippen LogP contribution in [-0.4, -0.2) is 17.6 Å². The molecule has 0 bridgehead atoms. The standard InChI is InChI=1S/C11H12F3NO2/c1-11(2,10(16)17)5-15-9-7(13)3-6(12)4-8(9)14/h3-4,15H,5H2,1-2H3,(H,16,17). The number of hydrogen-bond acceptors (Lipinski definition) is 2. The number of benzene rings is 1. The largest absolute Gasteiger partial charge is 0.481 e. The maximum atomic E-state index is 13.2. The van der Waals surface area contributed by atoms with Gasteiger partial charge in [-0.1, -0.05) is 0 Å². The maximum absolute atomic E-state index is 13.2. The van der Waals surface area contributed by atoms with Gasteiger partial charge in [0.15, 0.2) is 11.6 Å². The molecule has 1 rings (SSSR count). The first-order valence-corrected chi connectivity index (χ1v) is 4.86. The van der Waals surface area contributed by atoms with Crippen LogP contribution in [0.5, 0.6) is 0 Å². The van der Waals surface area contributed by atoms with Crippen LogP contribution in [0.1, 0.15) is 13.8 Å². The lowest BCUT2D eigenvalue weighted by molar-refractivity contribution is -0.146. The molecule has 17 heavy (non-hydrogen) atoms. The van der Waals surface area contributed by atoms with Gasteiger partial charge in [0.25, 0.3) is 0 Å². The molecule has 3 nitrogen and oxygen atoms in total. The molecule has 0 saturated heterocycles. The van der Waals surface area contributed by atoms with Crippen molar-refractivity contribution in [1.82, 2.24) is 0 Å². The van der Waals surface area contributed by atoms with E-state index in [-0.39, 0.29) is 6.54 Å². The van der Waals surface area contributed by atoms with Crippen molar-refractivity contribution in [2.75, 3.05) is 11.9 Å². The van der Waals surface area contributed by atoms with Crippen LogP contribution < -0.4 is 5.32 Å². The van der Waals surface area contributed by atoms with Gasteiger partial charge in [0.2, 0.25) is 0 Å². The van der Waals surface area contributed by atoms with Gasteiger partial charge < -0.3 is 10.4 Å². The third kappa shape index (κ3) is 3.12. The number of nitrogens with one attached hydrogen (secondary N) is 1. The fraction of sp³-hybridized carbons (Fsp3) is 0.364. The number of aliphatic carboxylic acids is 1. The number of hydrogen-bond donors (Lipinski definition) is 2. The van der Waals surface area contributed by atoms with Gasteiger partial charge in [0, 0.05) is 18.7 Å². The third-order valence-electron chi connectivity index (χ3n) is 2.29. The Morgan fingerprint density at radius 3 is 2.18 bits per heavy atom. The topological polar surface area (TPSA) is 49.3 Å². The Morgan fingerprint density at radius 2 is 1.76 bits per heavy atom. The van der Waals surface area contributed by atoms with E-state index in [0.29, 0.717) is 12.1 Å². The van der Waals surface area contributed by atoms with E-state index < -0.39 is 34.5 Å². The van der Waals surface area contributed by atoms with E-state index in [1.165, 1.54) is 13.8 Å². The third-order valence-corrected chi connectivity index (χ3v) is 2.29. The lowest BCUT2D eigenvalue weighted by Gasteiger charge is -2.20. The highest BCUT2D eigenvalue weighted by Gasteiger charge is 2.27. The van der Waals surface area contributed by atoms with Gasteiger partial charge in [-0.05, 0) is 13.8 Å². The first-order valence-electron chi connectivity index (χ1n) is 4.86. The zero-order valence-corrected chi connectivity index (χ0v) is 9.35. The van der Waals surface area contributed by atoms with E-state index in [1.807, 2.05) is 0 Å². The molecule has 6 heteroatoms. The van der Waals surface area contributed by atoms with Gasteiger partial charge in [-0.15, -0.1) is 0 Å². The summed E-state index contributed by atoms with van der Waals surface area (Å²) in [6.45, 7) is 2.63. The molecule has 1 aromatic rings. The summed E-state index contributed by atoms with van der Waals surface area (Å²) in [5, 5.41) is 11.1. The van der Waals surface area contributed by atoms with E-state index in [0.717, 1.165) is 0 Å². The molecule has 0 aliphatic rings. The molecular formula is C11H12F3NO2. The maximum Gasteiger partial charge on any atom is 0.310 e. The van der Waals surface area contributed by atoms with Crippen molar-refractivity contribution in [1.29, 1.82) is 0 Å². The second-order valence-electron chi connectivity index (χ2n) is 4.29. The number of carbonyl (C=O) groups is 1. The molecule has 2 N–H and O–H groups in total. The van der Waals surface area contributed by atoms with E-state index in [4.69, 9.17) is 5.11 Å². The minimum Gasteiger partial charge on any atom is -0.481 e. The molecule has 0 unspecified atom stereocenters. The molecule has 0 fully saturated rings. The number of halogens is 3. The minimum absolute atomic E-state index is 0.179. The van der Waals surface area contributed by atoms with Crippen molar-refractivity contribution in [3.63, 3.8) is 0 Å². The summed E-state index contributed by atoms with van der Waals surface area (Å²) in [6.07, 6.45) is 0. The zero-order chi connectivity index (χ0) is 13.2. The van der Waals surface area contributed by atoms with Crippen LogP contribution in [0.2, 0.25) is 0 Å². The predicted molar refractivity (Wildman–Crippen MR) is 56.2 cm³/mol. The van der Waals surface area contributed by atoms with Gasteiger partial charge in [-0.25, -0.2) is 13.2 Å². The quantitative estimate of drug-likeness (QED) is 0.859. The summed E-state index contributed by atoms with van der Waals surface area (Å²) in [6, 6.07) is 1.05. The molecule has 0 aliphatic heterocycles. The van der Waals surface area contributed by atoms with Crippen LogP contribution in [0.15, 0.2) is 12.1 Å². The van der Waals surface area contributed by atoms with Gasteiger partial charge >= 0.3 is 5.97 Å². The van der Waals surface area contributed by atoms with E-state index >= 15 is 0 Å². The van der Waals surface area contributed by atoms with Crippen LogP contribution in [0.4, 0.5) is 18.9 Å². The Kier molecular flexibility index (Phi) is 3.65. The Bertz CT molecular complexity index is 423. The molecule has 94 valence electrons. The van der Waals surface area contributed by atoms with Crippen molar-refractivity contribution in [2.24, 2.45) is 5.41 Å². The summed E-state index contributed by atoms with van der Waals surface area (Å²) in [7, 11) is 0. The molecule has 1 aromatic carbocycles. The summed E-state index contributed by atoms with van der Waals surface area (Å²) in [5.74, 6) is -4.32. The van der Waals surface area contributed by atoms with Crippen LogP contribution in [0.25, 0.3) is 0 Å². The molecule has 0 aromatic heterocycles. The van der Waals surface area contributed by atoms with Crippen molar-refractivity contribution >= 4 is 11.7 Å². The van der Waals surface area contributed by atoms with Crippen LogP contribution in [0, 0.1) is 22.9 Å². The van der Waals surface area contributed by atoms with Gasteiger partial charge in [-0.3, -0.25) is 4.79 Å². The lowest BCUT2D eigenvalue weighted by Crippen LogP contribution is -2.32. The Hall–Kier alpha value is -1.72. The predicted octanol–water partition coefficient (Wildman–Crippen LogP) is 2.63. The van der Waals surface area contributed by atoms with Crippen molar-refractivity contribution in [2.45, 2.75) is 13.8 Å². The van der Waals surface area contributed by atoms with Crippen LogP contribution >= 0.6 is 0 Å². The molecule has 0 heterocycles. The summed E-state index contributed by atoms with van der Waals surface area (Å²) >= 11 is 0. The molecule has 0 saturated carbocycles. The average Bonchev–Trinajstić information content (AvgIpc) is 2.15. The smallest absolute Gasteiger partial charge is 0.310 e. The molecule has 0 atom stereocenters. The summed E-state index contributed by atoms with van der Waals surface area (Å²) < 4.78 is 39.0.